The van der Waals surface area contributed by atoms with Gasteiger partial charge in [-0.1, -0.05) is 30.4 Å². The van der Waals surface area contributed by atoms with Gasteiger partial charge in [-0.2, -0.15) is 0 Å². The highest BCUT2D eigenvalue weighted by Gasteiger charge is 2.14. The molecule has 0 aliphatic heterocycles. The van der Waals surface area contributed by atoms with E-state index in [1.165, 1.54) is 6.07 Å². The molecule has 0 fully saturated rings. The predicted octanol–water partition coefficient (Wildman–Crippen LogP) is 4.32. The molecule has 5 heteroatoms. The van der Waals surface area contributed by atoms with Gasteiger partial charge in [-0.3, -0.25) is 0 Å². The molecular weight excluding hydrogens is 329 g/mol. The van der Waals surface area contributed by atoms with Gasteiger partial charge < -0.3 is 10.5 Å². The highest BCUT2D eigenvalue weighted by Crippen LogP contribution is 2.32. The minimum Gasteiger partial charge on any atom is -0.454 e. The SMILES string of the molecule is Cc1ccccc1Oc1ccc(C(N)=S)c(Br)c1F. The van der Waals surface area contributed by atoms with Gasteiger partial charge in [-0.05, 0) is 46.6 Å². The summed E-state index contributed by atoms with van der Waals surface area (Å²) in [5, 5.41) is 0. The van der Waals surface area contributed by atoms with Crippen molar-refractivity contribution in [2.24, 2.45) is 5.73 Å². The Kier molecular flexibility index (Phi) is 4.17. The van der Waals surface area contributed by atoms with E-state index in [9.17, 15) is 4.39 Å². The Morgan fingerprint density at radius 3 is 2.53 bits per heavy atom. The van der Waals surface area contributed by atoms with Crippen molar-refractivity contribution in [1.82, 2.24) is 0 Å². The lowest BCUT2D eigenvalue weighted by molar-refractivity contribution is 0.437. The standard InChI is InChI=1S/C14H11BrFNOS/c1-8-4-2-3-5-10(8)18-11-7-6-9(14(17)19)12(15)13(11)16/h2-7H,1H3,(H2,17,19). The molecular formula is C14H11BrFNOS. The van der Waals surface area contributed by atoms with Crippen molar-refractivity contribution in [2.75, 3.05) is 0 Å². The van der Waals surface area contributed by atoms with E-state index in [1.807, 2.05) is 25.1 Å². The fraction of sp³-hybridized carbons (Fsp3) is 0.0714. The molecule has 2 aromatic rings. The van der Waals surface area contributed by atoms with Gasteiger partial charge in [0, 0.05) is 5.56 Å². The van der Waals surface area contributed by atoms with Crippen molar-refractivity contribution >= 4 is 33.1 Å². The van der Waals surface area contributed by atoms with E-state index in [1.54, 1.807) is 12.1 Å². The number of hydrogen-bond donors (Lipinski definition) is 1. The zero-order valence-corrected chi connectivity index (χ0v) is 12.5. The molecule has 0 heterocycles. The molecule has 0 aromatic heterocycles. The summed E-state index contributed by atoms with van der Waals surface area (Å²) in [7, 11) is 0. The molecule has 2 rings (SSSR count). The minimum atomic E-state index is -0.520. The summed E-state index contributed by atoms with van der Waals surface area (Å²) >= 11 is 7.98. The van der Waals surface area contributed by atoms with Crippen LogP contribution in [0.1, 0.15) is 11.1 Å². The average molecular weight is 340 g/mol. The van der Waals surface area contributed by atoms with Crippen LogP contribution in [0.5, 0.6) is 11.5 Å². The Morgan fingerprint density at radius 1 is 1.21 bits per heavy atom. The summed E-state index contributed by atoms with van der Waals surface area (Å²) in [5.41, 5.74) is 6.88. The van der Waals surface area contributed by atoms with Crippen molar-refractivity contribution in [1.29, 1.82) is 0 Å². The molecule has 2 nitrogen and oxygen atoms in total. The molecule has 0 aliphatic carbocycles. The maximum absolute atomic E-state index is 14.2. The van der Waals surface area contributed by atoms with Crippen LogP contribution in [-0.4, -0.2) is 4.99 Å². The second kappa shape index (κ2) is 5.67. The first kappa shape index (κ1) is 14.0. The first-order valence-corrected chi connectivity index (χ1v) is 6.72. The first-order chi connectivity index (χ1) is 9.00. The maximum atomic E-state index is 14.2. The van der Waals surface area contributed by atoms with Crippen molar-refractivity contribution < 1.29 is 9.13 Å². The molecule has 0 atom stereocenters. The Labute approximate surface area is 124 Å². The Morgan fingerprint density at radius 2 is 1.89 bits per heavy atom. The van der Waals surface area contributed by atoms with Crippen LogP contribution in [0.2, 0.25) is 0 Å². The van der Waals surface area contributed by atoms with Crippen LogP contribution in [0.15, 0.2) is 40.9 Å². The number of thiocarbonyl (C=S) groups is 1. The fourth-order valence-electron chi connectivity index (χ4n) is 1.59. The van der Waals surface area contributed by atoms with Crippen LogP contribution in [0.3, 0.4) is 0 Å². The molecule has 2 aromatic carbocycles. The lowest BCUT2D eigenvalue weighted by Gasteiger charge is -2.11. The Bertz CT molecular complexity index is 645. The van der Waals surface area contributed by atoms with Crippen molar-refractivity contribution in [2.45, 2.75) is 6.92 Å². The summed E-state index contributed by atoms with van der Waals surface area (Å²) < 4.78 is 19.9. The zero-order chi connectivity index (χ0) is 14.0. The number of para-hydroxylation sites is 1. The van der Waals surface area contributed by atoms with Gasteiger partial charge in [0.15, 0.2) is 11.6 Å². The zero-order valence-electron chi connectivity index (χ0n) is 10.1. The highest BCUT2D eigenvalue weighted by molar-refractivity contribution is 9.10. The van der Waals surface area contributed by atoms with E-state index < -0.39 is 5.82 Å². The highest BCUT2D eigenvalue weighted by atomic mass is 79.9. The summed E-state index contributed by atoms with van der Waals surface area (Å²) in [6.45, 7) is 1.89. The topological polar surface area (TPSA) is 35.2 Å². The number of ether oxygens (including phenoxy) is 1. The summed E-state index contributed by atoms with van der Waals surface area (Å²) in [5.74, 6) is 0.214. The number of nitrogens with two attached hydrogens (primary N) is 1. The van der Waals surface area contributed by atoms with Crippen LogP contribution < -0.4 is 10.5 Å². The van der Waals surface area contributed by atoms with Gasteiger partial charge in [0.1, 0.15) is 10.7 Å². The van der Waals surface area contributed by atoms with Crippen LogP contribution in [0.25, 0.3) is 0 Å². The molecule has 2 N–H and O–H groups in total. The third-order valence-corrected chi connectivity index (χ3v) is 3.62. The number of rotatable bonds is 3. The molecule has 0 unspecified atom stereocenters. The largest absolute Gasteiger partial charge is 0.454 e. The van der Waals surface area contributed by atoms with E-state index in [-0.39, 0.29) is 15.2 Å². The normalized spacial score (nSPS) is 10.3. The molecule has 98 valence electrons. The lowest BCUT2D eigenvalue weighted by Crippen LogP contribution is -2.11. The Balaban J connectivity index is 2.40. The molecule has 0 bridgehead atoms. The van der Waals surface area contributed by atoms with Gasteiger partial charge in [-0.25, -0.2) is 4.39 Å². The van der Waals surface area contributed by atoms with E-state index in [0.29, 0.717) is 11.3 Å². The molecule has 19 heavy (non-hydrogen) atoms. The van der Waals surface area contributed by atoms with Crippen molar-refractivity contribution in [3.63, 3.8) is 0 Å². The molecule has 0 spiro atoms. The van der Waals surface area contributed by atoms with Gasteiger partial charge in [-0.15, -0.1) is 0 Å². The van der Waals surface area contributed by atoms with Crippen LogP contribution >= 0.6 is 28.1 Å². The van der Waals surface area contributed by atoms with Gasteiger partial charge in [0.25, 0.3) is 0 Å². The molecule has 0 saturated carbocycles. The van der Waals surface area contributed by atoms with Crippen LogP contribution in [0, 0.1) is 12.7 Å². The number of hydrogen-bond acceptors (Lipinski definition) is 2. The second-order valence-corrected chi connectivity index (χ2v) is 5.20. The fourth-order valence-corrected chi connectivity index (χ4v) is 2.43. The molecule has 0 saturated heterocycles. The molecule has 0 radical (unpaired) electrons. The number of benzene rings is 2. The van der Waals surface area contributed by atoms with E-state index in [2.05, 4.69) is 15.9 Å². The molecule has 0 aliphatic rings. The van der Waals surface area contributed by atoms with Crippen LogP contribution in [0.4, 0.5) is 4.39 Å². The van der Waals surface area contributed by atoms with Crippen molar-refractivity contribution in [3.05, 3.63) is 57.8 Å². The smallest absolute Gasteiger partial charge is 0.180 e. The van der Waals surface area contributed by atoms with Gasteiger partial charge in [0.05, 0.1) is 4.47 Å². The third kappa shape index (κ3) is 2.93. The first-order valence-electron chi connectivity index (χ1n) is 5.52. The van der Waals surface area contributed by atoms with Crippen LogP contribution in [-0.2, 0) is 0 Å². The minimum absolute atomic E-state index is 0.126. The molecule has 0 amide bonds. The summed E-state index contributed by atoms with van der Waals surface area (Å²) in [6, 6.07) is 10.5. The lowest BCUT2D eigenvalue weighted by atomic mass is 10.2. The maximum Gasteiger partial charge on any atom is 0.180 e. The van der Waals surface area contributed by atoms with E-state index >= 15 is 0 Å². The van der Waals surface area contributed by atoms with E-state index in [0.717, 1.165) is 5.56 Å². The summed E-state index contributed by atoms with van der Waals surface area (Å²) in [4.78, 5) is 0.133. The average Bonchev–Trinajstić information content (AvgIpc) is 2.37. The van der Waals surface area contributed by atoms with Gasteiger partial charge in [0.2, 0.25) is 0 Å². The predicted molar refractivity (Wildman–Crippen MR) is 81.2 cm³/mol. The van der Waals surface area contributed by atoms with Gasteiger partial charge >= 0.3 is 0 Å². The quantitative estimate of drug-likeness (QED) is 0.845. The summed E-state index contributed by atoms with van der Waals surface area (Å²) in [6.07, 6.45) is 0. The monoisotopic (exact) mass is 339 g/mol. The number of halogens is 2. The number of aryl methyl sites for hydroxylation is 1. The Hall–Kier alpha value is -1.46. The second-order valence-electron chi connectivity index (χ2n) is 3.97. The third-order valence-electron chi connectivity index (χ3n) is 2.63. The van der Waals surface area contributed by atoms with Crippen molar-refractivity contribution in [3.8, 4) is 11.5 Å². The van der Waals surface area contributed by atoms with E-state index in [4.69, 9.17) is 22.7 Å².